The van der Waals surface area contributed by atoms with E-state index in [1.807, 2.05) is 0 Å². The number of rotatable bonds is 5. The fourth-order valence-corrected chi connectivity index (χ4v) is 1.46. The van der Waals surface area contributed by atoms with Crippen LogP contribution in [0.2, 0.25) is 0 Å². The van der Waals surface area contributed by atoms with Crippen molar-refractivity contribution in [1.29, 1.82) is 0 Å². The quantitative estimate of drug-likeness (QED) is 0.768. The number of amides is 1. The molecule has 0 aliphatic heterocycles. The van der Waals surface area contributed by atoms with E-state index in [1.165, 1.54) is 25.1 Å². The van der Waals surface area contributed by atoms with Gasteiger partial charge in [0.25, 0.3) is 5.91 Å². The molecule has 5 heteroatoms. The van der Waals surface area contributed by atoms with Gasteiger partial charge in [-0.2, -0.15) is 0 Å². The number of carboxylic acid groups (broad SMARTS) is 1. The second-order valence-electron chi connectivity index (χ2n) is 4.30. The second kappa shape index (κ2) is 5.44. The summed E-state index contributed by atoms with van der Waals surface area (Å²) >= 11 is 0. The number of pyridine rings is 1. The molecule has 94 valence electrons. The molecular weight excluding hydrogens is 232 g/mol. The zero-order valence-corrected chi connectivity index (χ0v) is 9.80. The Morgan fingerprint density at radius 1 is 1.44 bits per heavy atom. The van der Waals surface area contributed by atoms with Crippen molar-refractivity contribution in [3.63, 3.8) is 0 Å². The Bertz CT molecular complexity index is 476. The van der Waals surface area contributed by atoms with Crippen LogP contribution in [0.3, 0.4) is 0 Å². The van der Waals surface area contributed by atoms with Crippen molar-refractivity contribution in [2.24, 2.45) is 5.92 Å². The topological polar surface area (TPSA) is 79.3 Å². The van der Waals surface area contributed by atoms with Crippen molar-refractivity contribution < 1.29 is 14.7 Å². The van der Waals surface area contributed by atoms with Crippen LogP contribution >= 0.6 is 0 Å². The van der Waals surface area contributed by atoms with Crippen LogP contribution < -0.4 is 5.32 Å². The van der Waals surface area contributed by atoms with Crippen LogP contribution in [0.25, 0.3) is 6.08 Å². The van der Waals surface area contributed by atoms with E-state index in [4.69, 9.17) is 5.11 Å². The van der Waals surface area contributed by atoms with Gasteiger partial charge in [-0.3, -0.25) is 9.78 Å². The Balaban J connectivity index is 1.93. The molecule has 1 aliphatic rings. The lowest BCUT2D eigenvalue weighted by Crippen LogP contribution is -2.26. The summed E-state index contributed by atoms with van der Waals surface area (Å²) in [7, 11) is 0. The minimum atomic E-state index is -1.01. The molecule has 0 aromatic carbocycles. The summed E-state index contributed by atoms with van der Waals surface area (Å²) in [5.41, 5.74) is 0.999. The molecule has 1 aromatic heterocycles. The zero-order valence-electron chi connectivity index (χ0n) is 9.80. The molecule has 18 heavy (non-hydrogen) atoms. The van der Waals surface area contributed by atoms with Crippen LogP contribution in [0, 0.1) is 5.92 Å². The highest BCUT2D eigenvalue weighted by Crippen LogP contribution is 2.27. The highest BCUT2D eigenvalue weighted by molar-refractivity contribution is 5.92. The van der Waals surface area contributed by atoms with Crippen LogP contribution in [0.4, 0.5) is 0 Å². The summed E-state index contributed by atoms with van der Waals surface area (Å²) in [5.74, 6) is -0.566. The van der Waals surface area contributed by atoms with Gasteiger partial charge in [0.2, 0.25) is 0 Å². The van der Waals surface area contributed by atoms with Crippen molar-refractivity contribution in [3.05, 3.63) is 35.7 Å². The van der Waals surface area contributed by atoms with Crippen molar-refractivity contribution in [1.82, 2.24) is 10.3 Å². The molecule has 0 spiro atoms. The number of nitrogens with zero attached hydrogens (tertiary/aromatic N) is 1. The average molecular weight is 246 g/mol. The maximum absolute atomic E-state index is 11.7. The van der Waals surface area contributed by atoms with Crippen LogP contribution in [0.15, 0.2) is 24.4 Å². The Morgan fingerprint density at radius 3 is 2.78 bits per heavy atom. The lowest BCUT2D eigenvalue weighted by Gasteiger charge is -2.03. The molecule has 0 unspecified atom stereocenters. The molecule has 1 saturated carbocycles. The molecule has 1 amide bonds. The Morgan fingerprint density at radius 2 is 2.22 bits per heavy atom. The lowest BCUT2D eigenvalue weighted by molar-refractivity contribution is -0.131. The first kappa shape index (κ1) is 12.3. The van der Waals surface area contributed by atoms with E-state index in [0.717, 1.165) is 6.08 Å². The highest BCUT2D eigenvalue weighted by Gasteiger charge is 2.21. The number of aromatic nitrogens is 1. The van der Waals surface area contributed by atoms with Crippen LogP contribution in [0.5, 0.6) is 0 Å². The van der Waals surface area contributed by atoms with Crippen molar-refractivity contribution in [2.75, 3.05) is 6.54 Å². The van der Waals surface area contributed by atoms with Crippen LogP contribution in [0.1, 0.15) is 28.9 Å². The van der Waals surface area contributed by atoms with E-state index in [2.05, 4.69) is 10.3 Å². The molecule has 0 bridgehead atoms. The maximum atomic E-state index is 11.7. The second-order valence-corrected chi connectivity index (χ2v) is 4.30. The summed E-state index contributed by atoms with van der Waals surface area (Å²) < 4.78 is 0. The van der Waals surface area contributed by atoms with Gasteiger partial charge in [-0.15, -0.1) is 0 Å². The van der Waals surface area contributed by atoms with Gasteiger partial charge in [0.1, 0.15) is 5.69 Å². The summed E-state index contributed by atoms with van der Waals surface area (Å²) in [6.07, 6.45) is 6.32. The fraction of sp³-hybridized carbons (Fsp3) is 0.308. The van der Waals surface area contributed by atoms with Gasteiger partial charge in [0.15, 0.2) is 0 Å². The number of carbonyl (C=O) groups is 2. The SMILES string of the molecule is O=C(O)C=Cc1ccc(C(=O)NCC2CC2)nc1. The molecular formula is C13H14N2O3. The van der Waals surface area contributed by atoms with E-state index in [-0.39, 0.29) is 5.91 Å². The molecule has 2 N–H and O–H groups in total. The molecule has 1 aliphatic carbocycles. The first-order valence-corrected chi connectivity index (χ1v) is 5.80. The predicted octanol–water partition coefficient (Wildman–Crippen LogP) is 1.32. The fourth-order valence-electron chi connectivity index (χ4n) is 1.46. The van der Waals surface area contributed by atoms with Crippen molar-refractivity contribution in [3.8, 4) is 0 Å². The van der Waals surface area contributed by atoms with Gasteiger partial charge < -0.3 is 10.4 Å². The molecule has 0 atom stereocenters. The Labute approximate surface area is 105 Å². The van der Waals surface area contributed by atoms with Gasteiger partial charge >= 0.3 is 5.97 Å². The van der Waals surface area contributed by atoms with E-state index in [0.29, 0.717) is 23.7 Å². The first-order valence-electron chi connectivity index (χ1n) is 5.80. The molecule has 0 radical (unpaired) electrons. The molecule has 2 rings (SSSR count). The minimum absolute atomic E-state index is 0.185. The van der Waals surface area contributed by atoms with Crippen LogP contribution in [-0.4, -0.2) is 28.5 Å². The van der Waals surface area contributed by atoms with Gasteiger partial charge in [0.05, 0.1) is 0 Å². The molecule has 1 heterocycles. The number of carboxylic acids is 1. The third kappa shape index (κ3) is 3.69. The zero-order chi connectivity index (χ0) is 13.0. The number of aliphatic carboxylic acids is 1. The normalized spacial score (nSPS) is 14.7. The summed E-state index contributed by atoms with van der Waals surface area (Å²) in [4.78, 5) is 26.0. The maximum Gasteiger partial charge on any atom is 0.328 e. The van der Waals surface area contributed by atoms with E-state index in [9.17, 15) is 9.59 Å². The number of hydrogen-bond donors (Lipinski definition) is 2. The third-order valence-electron chi connectivity index (χ3n) is 2.69. The predicted molar refractivity (Wildman–Crippen MR) is 66.0 cm³/mol. The molecule has 5 nitrogen and oxygen atoms in total. The van der Waals surface area contributed by atoms with E-state index >= 15 is 0 Å². The minimum Gasteiger partial charge on any atom is -0.478 e. The average Bonchev–Trinajstić information content (AvgIpc) is 3.18. The van der Waals surface area contributed by atoms with E-state index in [1.54, 1.807) is 12.1 Å². The number of nitrogens with one attached hydrogen (secondary N) is 1. The number of hydrogen-bond acceptors (Lipinski definition) is 3. The Hall–Kier alpha value is -2.17. The highest BCUT2D eigenvalue weighted by atomic mass is 16.4. The number of carbonyl (C=O) groups excluding carboxylic acids is 1. The monoisotopic (exact) mass is 246 g/mol. The molecule has 1 aromatic rings. The largest absolute Gasteiger partial charge is 0.478 e. The Kier molecular flexibility index (Phi) is 3.72. The smallest absolute Gasteiger partial charge is 0.328 e. The molecule has 0 saturated heterocycles. The summed E-state index contributed by atoms with van der Waals surface area (Å²) in [6, 6.07) is 3.25. The summed E-state index contributed by atoms with van der Waals surface area (Å²) in [5, 5.41) is 11.3. The first-order chi connectivity index (χ1) is 8.65. The standard InChI is InChI=1S/C13H14N2O3/c16-12(17)6-4-10-3-5-11(14-7-10)13(18)15-8-9-1-2-9/h3-7,9H,1-2,8H2,(H,15,18)(H,16,17). The van der Waals surface area contributed by atoms with Crippen molar-refractivity contribution >= 4 is 18.0 Å². The summed E-state index contributed by atoms with van der Waals surface area (Å²) in [6.45, 7) is 0.710. The lowest BCUT2D eigenvalue weighted by atomic mass is 10.2. The third-order valence-corrected chi connectivity index (χ3v) is 2.69. The van der Waals surface area contributed by atoms with Gasteiger partial charge in [-0.1, -0.05) is 6.07 Å². The van der Waals surface area contributed by atoms with Crippen LogP contribution in [-0.2, 0) is 4.79 Å². The van der Waals surface area contributed by atoms with Crippen molar-refractivity contribution in [2.45, 2.75) is 12.8 Å². The van der Waals surface area contributed by atoms with Gasteiger partial charge in [-0.25, -0.2) is 4.79 Å². The van der Waals surface area contributed by atoms with Gasteiger partial charge in [-0.05, 0) is 36.5 Å². The van der Waals surface area contributed by atoms with Gasteiger partial charge in [0, 0.05) is 18.8 Å². The molecule has 1 fully saturated rings. The van der Waals surface area contributed by atoms with E-state index < -0.39 is 5.97 Å².